The monoisotopic (exact) mass is 439 g/mol. The van der Waals surface area contributed by atoms with Crippen LogP contribution in [0.15, 0.2) is 36.7 Å². The molecule has 1 N–H and O–H groups in total. The number of aromatic nitrogens is 1. The Hall–Kier alpha value is -2.51. The third-order valence-corrected chi connectivity index (χ3v) is 7.12. The number of ether oxygens (including phenoxy) is 2. The maximum atomic E-state index is 14.6. The van der Waals surface area contributed by atoms with Crippen LogP contribution in [0.3, 0.4) is 0 Å². The second kappa shape index (κ2) is 9.16. The van der Waals surface area contributed by atoms with E-state index in [1.54, 1.807) is 18.5 Å². The Morgan fingerprint density at radius 3 is 2.62 bits per heavy atom. The second-order valence-electron chi connectivity index (χ2n) is 8.98. The van der Waals surface area contributed by atoms with Gasteiger partial charge in [-0.3, -0.25) is 14.7 Å². The molecular formula is C25H30FN3O3. The summed E-state index contributed by atoms with van der Waals surface area (Å²) in [5.74, 6) is 0.396. The fourth-order valence-electron chi connectivity index (χ4n) is 5.42. The minimum atomic E-state index is -0.457. The second-order valence-corrected chi connectivity index (χ2v) is 8.98. The molecule has 5 rings (SSSR count). The van der Waals surface area contributed by atoms with Gasteiger partial charge in [0.1, 0.15) is 23.2 Å². The van der Waals surface area contributed by atoms with Crippen LogP contribution in [-0.4, -0.2) is 60.3 Å². The van der Waals surface area contributed by atoms with Crippen LogP contribution in [0, 0.1) is 5.82 Å². The summed E-state index contributed by atoms with van der Waals surface area (Å²) < 4.78 is 26.3. The third-order valence-electron chi connectivity index (χ3n) is 7.12. The SMILES string of the molecule is O=C(NCC1Cc2c(F)ccc(-c3ccncc3)c2O1)C1(N2CCOCC2)CCCCC1. The molecule has 2 aromatic rings. The average molecular weight is 440 g/mol. The lowest BCUT2D eigenvalue weighted by Crippen LogP contribution is -2.62. The summed E-state index contributed by atoms with van der Waals surface area (Å²) in [6.45, 7) is 3.30. The van der Waals surface area contributed by atoms with Gasteiger partial charge in [0.05, 0.1) is 19.8 Å². The van der Waals surface area contributed by atoms with Crippen molar-refractivity contribution in [1.82, 2.24) is 15.2 Å². The highest BCUT2D eigenvalue weighted by Gasteiger charge is 2.45. The van der Waals surface area contributed by atoms with E-state index in [9.17, 15) is 9.18 Å². The summed E-state index contributed by atoms with van der Waals surface area (Å²) in [7, 11) is 0. The van der Waals surface area contributed by atoms with E-state index in [2.05, 4.69) is 15.2 Å². The number of amides is 1. The van der Waals surface area contributed by atoms with Gasteiger partial charge in [-0.05, 0) is 42.7 Å². The van der Waals surface area contributed by atoms with Crippen LogP contribution in [0.4, 0.5) is 4.39 Å². The smallest absolute Gasteiger partial charge is 0.240 e. The van der Waals surface area contributed by atoms with Crippen molar-refractivity contribution < 1.29 is 18.7 Å². The van der Waals surface area contributed by atoms with Crippen LogP contribution in [-0.2, 0) is 16.0 Å². The lowest BCUT2D eigenvalue weighted by Gasteiger charge is -2.46. The van der Waals surface area contributed by atoms with Crippen molar-refractivity contribution in [3.05, 3.63) is 48.0 Å². The van der Waals surface area contributed by atoms with Gasteiger partial charge in [0.2, 0.25) is 5.91 Å². The molecule has 1 aliphatic carbocycles. The number of carbonyl (C=O) groups is 1. The largest absolute Gasteiger partial charge is 0.487 e. The molecule has 0 radical (unpaired) electrons. The number of fused-ring (bicyclic) bond motifs is 1. The Bertz CT molecular complexity index is 956. The number of nitrogens with one attached hydrogen (secondary N) is 1. The van der Waals surface area contributed by atoms with E-state index < -0.39 is 5.54 Å². The molecular weight excluding hydrogens is 409 g/mol. The molecule has 3 heterocycles. The average Bonchev–Trinajstić information content (AvgIpc) is 3.29. The number of carbonyl (C=O) groups excluding carboxylic acids is 1. The number of pyridine rings is 1. The van der Waals surface area contributed by atoms with Gasteiger partial charge in [0.25, 0.3) is 0 Å². The molecule has 1 saturated carbocycles. The standard InChI is InChI=1S/C25H30FN3O3/c26-22-5-4-20(18-6-10-27-11-7-18)23-21(22)16-19(32-23)17-28-24(30)25(8-2-1-3-9-25)29-12-14-31-15-13-29/h4-7,10-11,19H,1-3,8-9,12-17H2,(H,28,30). The van der Waals surface area contributed by atoms with E-state index in [0.717, 1.165) is 49.9 Å². The van der Waals surface area contributed by atoms with Crippen molar-refractivity contribution in [2.75, 3.05) is 32.8 Å². The molecule has 6 nitrogen and oxygen atoms in total. The van der Waals surface area contributed by atoms with Crippen molar-refractivity contribution >= 4 is 5.91 Å². The Balaban J connectivity index is 1.29. The summed E-state index contributed by atoms with van der Waals surface area (Å²) >= 11 is 0. The normalized spacial score (nSPS) is 22.7. The molecule has 1 unspecified atom stereocenters. The molecule has 1 amide bonds. The fourth-order valence-corrected chi connectivity index (χ4v) is 5.42. The maximum Gasteiger partial charge on any atom is 0.240 e. The first-order valence-electron chi connectivity index (χ1n) is 11.7. The van der Waals surface area contributed by atoms with Gasteiger partial charge < -0.3 is 14.8 Å². The highest BCUT2D eigenvalue weighted by molar-refractivity contribution is 5.86. The van der Waals surface area contributed by atoms with Crippen molar-refractivity contribution in [2.45, 2.75) is 50.2 Å². The number of halogens is 1. The van der Waals surface area contributed by atoms with Gasteiger partial charge in [-0.25, -0.2) is 4.39 Å². The van der Waals surface area contributed by atoms with E-state index in [1.165, 1.54) is 12.5 Å². The Kier molecular flexibility index (Phi) is 6.11. The third kappa shape index (κ3) is 3.99. The number of hydrogen-bond donors (Lipinski definition) is 1. The van der Waals surface area contributed by atoms with Crippen LogP contribution in [0.25, 0.3) is 11.1 Å². The number of benzene rings is 1. The van der Waals surface area contributed by atoms with E-state index in [0.29, 0.717) is 37.5 Å². The molecule has 2 aliphatic heterocycles. The molecule has 7 heteroatoms. The van der Waals surface area contributed by atoms with Crippen LogP contribution in [0.5, 0.6) is 5.75 Å². The highest BCUT2D eigenvalue weighted by atomic mass is 19.1. The fraction of sp³-hybridized carbons (Fsp3) is 0.520. The molecule has 1 saturated heterocycles. The van der Waals surface area contributed by atoms with Gasteiger partial charge in [-0.1, -0.05) is 19.3 Å². The minimum Gasteiger partial charge on any atom is -0.487 e. The number of morpholine rings is 1. The van der Waals surface area contributed by atoms with E-state index in [4.69, 9.17) is 9.47 Å². The first-order valence-corrected chi connectivity index (χ1v) is 11.7. The summed E-state index contributed by atoms with van der Waals surface area (Å²) in [6, 6.07) is 7.02. The minimum absolute atomic E-state index is 0.0773. The van der Waals surface area contributed by atoms with E-state index in [-0.39, 0.29) is 17.8 Å². The predicted octanol–water partition coefficient (Wildman–Crippen LogP) is 3.34. The first kappa shape index (κ1) is 21.3. The van der Waals surface area contributed by atoms with Crippen molar-refractivity contribution in [3.8, 4) is 16.9 Å². The molecule has 170 valence electrons. The zero-order chi connectivity index (χ0) is 22.0. The van der Waals surface area contributed by atoms with E-state index in [1.807, 2.05) is 12.1 Å². The quantitative estimate of drug-likeness (QED) is 0.774. The van der Waals surface area contributed by atoms with Crippen molar-refractivity contribution in [2.24, 2.45) is 0 Å². The Labute approximate surface area is 188 Å². The van der Waals surface area contributed by atoms with Gasteiger partial charge >= 0.3 is 0 Å². The predicted molar refractivity (Wildman–Crippen MR) is 119 cm³/mol. The van der Waals surface area contributed by atoms with Crippen LogP contribution in [0.1, 0.15) is 37.7 Å². The van der Waals surface area contributed by atoms with Gasteiger partial charge in [-0.2, -0.15) is 0 Å². The summed E-state index contributed by atoms with van der Waals surface area (Å²) in [4.78, 5) is 19.9. The number of nitrogens with zero attached hydrogens (tertiary/aromatic N) is 2. The number of hydrogen-bond acceptors (Lipinski definition) is 5. The lowest BCUT2D eigenvalue weighted by molar-refractivity contribution is -0.140. The molecule has 3 aliphatic rings. The molecule has 2 fully saturated rings. The number of rotatable bonds is 5. The van der Waals surface area contributed by atoms with Crippen molar-refractivity contribution in [1.29, 1.82) is 0 Å². The summed E-state index contributed by atoms with van der Waals surface area (Å²) in [5, 5.41) is 3.17. The molecule has 1 atom stereocenters. The van der Waals surface area contributed by atoms with Gasteiger partial charge in [0, 0.05) is 43.0 Å². The molecule has 32 heavy (non-hydrogen) atoms. The Morgan fingerprint density at radius 1 is 1.12 bits per heavy atom. The van der Waals surface area contributed by atoms with Crippen LogP contribution < -0.4 is 10.1 Å². The maximum absolute atomic E-state index is 14.6. The van der Waals surface area contributed by atoms with Crippen molar-refractivity contribution in [3.63, 3.8) is 0 Å². The van der Waals surface area contributed by atoms with Crippen LogP contribution >= 0.6 is 0 Å². The summed E-state index contributed by atoms with van der Waals surface area (Å²) in [6.07, 6.45) is 8.67. The zero-order valence-corrected chi connectivity index (χ0v) is 18.3. The highest BCUT2D eigenvalue weighted by Crippen LogP contribution is 2.40. The molecule has 1 aromatic heterocycles. The van der Waals surface area contributed by atoms with Crippen LogP contribution in [0.2, 0.25) is 0 Å². The first-order chi connectivity index (χ1) is 15.7. The van der Waals surface area contributed by atoms with Gasteiger partial charge in [-0.15, -0.1) is 0 Å². The van der Waals surface area contributed by atoms with E-state index >= 15 is 0 Å². The summed E-state index contributed by atoms with van der Waals surface area (Å²) in [5.41, 5.74) is 1.92. The lowest BCUT2D eigenvalue weighted by atomic mass is 9.79. The molecule has 1 aromatic carbocycles. The molecule has 0 bridgehead atoms. The molecule has 0 spiro atoms. The Morgan fingerprint density at radius 2 is 1.88 bits per heavy atom. The van der Waals surface area contributed by atoms with Gasteiger partial charge in [0.15, 0.2) is 0 Å². The topological polar surface area (TPSA) is 63.7 Å². The zero-order valence-electron chi connectivity index (χ0n) is 18.3.